The maximum absolute atomic E-state index is 12.3. The number of likely N-dealkylation sites (N-methyl/N-ethyl adjacent to an activating group) is 1. The average Bonchev–Trinajstić information content (AvgIpc) is 2.55. The molecule has 2 aromatic rings. The number of carbonyl (C=O) groups is 2. The van der Waals surface area contributed by atoms with Crippen LogP contribution in [-0.2, 0) is 11.2 Å². The smallest absolute Gasteiger partial charge is 0.253 e. The van der Waals surface area contributed by atoms with Crippen LogP contribution in [0.5, 0.6) is 0 Å². The third kappa shape index (κ3) is 4.79. The van der Waals surface area contributed by atoms with Gasteiger partial charge in [0.1, 0.15) is 11.2 Å². The van der Waals surface area contributed by atoms with Crippen molar-refractivity contribution in [2.75, 3.05) is 14.1 Å². The van der Waals surface area contributed by atoms with Gasteiger partial charge in [0, 0.05) is 26.7 Å². The Morgan fingerprint density at radius 1 is 1.17 bits per heavy atom. The highest BCUT2D eigenvalue weighted by molar-refractivity contribution is 6.29. The van der Waals surface area contributed by atoms with Crippen molar-refractivity contribution >= 4 is 23.4 Å². The van der Waals surface area contributed by atoms with Crippen molar-refractivity contribution in [1.29, 1.82) is 0 Å². The lowest BCUT2D eigenvalue weighted by Gasteiger charge is -2.22. The third-order valence-electron chi connectivity index (χ3n) is 3.32. The molecular formula is C17H18ClN3O2. The van der Waals surface area contributed by atoms with Gasteiger partial charge in [-0.25, -0.2) is 4.98 Å². The zero-order valence-corrected chi connectivity index (χ0v) is 13.7. The Bertz CT molecular complexity index is 672. The van der Waals surface area contributed by atoms with Gasteiger partial charge in [0.05, 0.1) is 5.56 Å². The summed E-state index contributed by atoms with van der Waals surface area (Å²) in [5.74, 6) is -0.519. The Kier molecular flexibility index (Phi) is 5.71. The fourth-order valence-electron chi connectivity index (χ4n) is 2.11. The van der Waals surface area contributed by atoms with E-state index in [4.69, 9.17) is 11.6 Å². The first-order valence-corrected chi connectivity index (χ1v) is 7.52. The molecule has 0 spiro atoms. The summed E-state index contributed by atoms with van der Waals surface area (Å²) < 4.78 is 0. The summed E-state index contributed by atoms with van der Waals surface area (Å²) in [5.41, 5.74) is 1.33. The van der Waals surface area contributed by atoms with E-state index in [1.54, 1.807) is 20.2 Å². The number of carbonyl (C=O) groups excluding carboxylic acids is 2. The Labute approximate surface area is 140 Å². The standard InChI is InChI=1S/C17H18ClN3O2/c1-21(2)17(23)14(10-12-6-4-3-5-7-12)20-16(22)13-8-9-15(18)19-11-13/h3-9,11,14H,10H2,1-2H3,(H,20,22)/t14-/m1/s1. The molecule has 23 heavy (non-hydrogen) atoms. The largest absolute Gasteiger partial charge is 0.347 e. The van der Waals surface area contributed by atoms with Crippen molar-refractivity contribution in [3.8, 4) is 0 Å². The first-order chi connectivity index (χ1) is 11.0. The minimum absolute atomic E-state index is 0.163. The number of halogens is 1. The molecule has 5 nitrogen and oxygen atoms in total. The topological polar surface area (TPSA) is 62.3 Å². The molecule has 0 fully saturated rings. The average molecular weight is 332 g/mol. The zero-order valence-electron chi connectivity index (χ0n) is 13.0. The summed E-state index contributed by atoms with van der Waals surface area (Å²) >= 11 is 5.72. The van der Waals surface area contributed by atoms with E-state index >= 15 is 0 Å². The molecule has 0 bridgehead atoms. The molecule has 1 N–H and O–H groups in total. The van der Waals surface area contributed by atoms with Crippen molar-refractivity contribution in [1.82, 2.24) is 15.2 Å². The highest BCUT2D eigenvalue weighted by atomic mass is 35.5. The first-order valence-electron chi connectivity index (χ1n) is 7.15. The van der Waals surface area contributed by atoms with Crippen LogP contribution in [0.2, 0.25) is 5.15 Å². The number of hydrogen-bond acceptors (Lipinski definition) is 3. The molecule has 120 valence electrons. The van der Waals surface area contributed by atoms with Crippen molar-refractivity contribution in [2.45, 2.75) is 12.5 Å². The van der Waals surface area contributed by atoms with Gasteiger partial charge >= 0.3 is 0 Å². The Morgan fingerprint density at radius 2 is 1.87 bits per heavy atom. The lowest BCUT2D eigenvalue weighted by atomic mass is 10.0. The van der Waals surface area contributed by atoms with Crippen molar-refractivity contribution in [3.63, 3.8) is 0 Å². The molecular weight excluding hydrogens is 314 g/mol. The molecule has 0 aliphatic heterocycles. The summed E-state index contributed by atoms with van der Waals surface area (Å²) in [6.07, 6.45) is 1.81. The van der Waals surface area contributed by atoms with Crippen molar-refractivity contribution in [2.24, 2.45) is 0 Å². The lowest BCUT2D eigenvalue weighted by Crippen LogP contribution is -2.47. The number of aromatic nitrogens is 1. The number of benzene rings is 1. The van der Waals surface area contributed by atoms with E-state index in [0.29, 0.717) is 17.1 Å². The van der Waals surface area contributed by atoms with E-state index in [1.165, 1.54) is 17.2 Å². The quantitative estimate of drug-likeness (QED) is 0.854. The molecule has 2 amide bonds. The zero-order chi connectivity index (χ0) is 16.8. The fourth-order valence-corrected chi connectivity index (χ4v) is 2.23. The van der Waals surface area contributed by atoms with E-state index in [2.05, 4.69) is 10.3 Å². The predicted molar refractivity (Wildman–Crippen MR) is 89.3 cm³/mol. The molecule has 1 aromatic heterocycles. The molecule has 1 atom stereocenters. The van der Waals surface area contributed by atoms with Crippen molar-refractivity contribution in [3.05, 3.63) is 64.9 Å². The minimum atomic E-state index is -0.643. The van der Waals surface area contributed by atoms with E-state index < -0.39 is 6.04 Å². The number of amides is 2. The van der Waals surface area contributed by atoms with Crippen LogP contribution in [0.1, 0.15) is 15.9 Å². The number of nitrogens with zero attached hydrogens (tertiary/aromatic N) is 2. The van der Waals surface area contributed by atoms with Crippen LogP contribution in [0.15, 0.2) is 48.7 Å². The molecule has 6 heteroatoms. The van der Waals surface area contributed by atoms with Crippen LogP contribution >= 0.6 is 11.6 Å². The molecule has 1 heterocycles. The summed E-state index contributed by atoms with van der Waals surface area (Å²) in [7, 11) is 3.33. The highest BCUT2D eigenvalue weighted by Gasteiger charge is 2.23. The van der Waals surface area contributed by atoms with Gasteiger partial charge in [-0.1, -0.05) is 41.9 Å². The molecule has 2 rings (SSSR count). The first kappa shape index (κ1) is 17.0. The Balaban J connectivity index is 2.15. The van der Waals surface area contributed by atoms with Gasteiger partial charge in [0.25, 0.3) is 5.91 Å². The Hall–Kier alpha value is -2.40. The highest BCUT2D eigenvalue weighted by Crippen LogP contribution is 2.08. The number of nitrogens with one attached hydrogen (secondary N) is 1. The maximum Gasteiger partial charge on any atom is 0.253 e. The summed E-state index contributed by atoms with van der Waals surface area (Å²) in [4.78, 5) is 30.0. The van der Waals surface area contributed by atoms with Gasteiger partial charge in [-0.05, 0) is 17.7 Å². The molecule has 0 radical (unpaired) electrons. The van der Waals surface area contributed by atoms with Crippen molar-refractivity contribution < 1.29 is 9.59 Å². The van der Waals surface area contributed by atoms with Crippen LogP contribution in [0.25, 0.3) is 0 Å². The minimum Gasteiger partial charge on any atom is -0.347 e. The summed E-state index contributed by atoms with van der Waals surface area (Å²) in [5, 5.41) is 3.08. The molecule has 1 aromatic carbocycles. The molecule has 0 saturated carbocycles. The fraction of sp³-hybridized carbons (Fsp3) is 0.235. The maximum atomic E-state index is 12.3. The second kappa shape index (κ2) is 7.74. The second-order valence-electron chi connectivity index (χ2n) is 5.32. The lowest BCUT2D eigenvalue weighted by molar-refractivity contribution is -0.130. The van der Waals surface area contributed by atoms with Crippen LogP contribution < -0.4 is 5.32 Å². The van der Waals surface area contributed by atoms with Gasteiger partial charge in [0.2, 0.25) is 5.91 Å². The molecule has 0 saturated heterocycles. The summed E-state index contributed by atoms with van der Waals surface area (Å²) in [6, 6.07) is 12.0. The normalized spacial score (nSPS) is 11.6. The van der Waals surface area contributed by atoms with Crippen LogP contribution in [0.3, 0.4) is 0 Å². The van der Waals surface area contributed by atoms with E-state index in [9.17, 15) is 9.59 Å². The Morgan fingerprint density at radius 3 is 2.43 bits per heavy atom. The molecule has 0 unspecified atom stereocenters. The van der Waals surface area contributed by atoms with Gasteiger partial charge in [-0.15, -0.1) is 0 Å². The monoisotopic (exact) mass is 331 g/mol. The van der Waals surface area contributed by atoms with Gasteiger partial charge in [-0.2, -0.15) is 0 Å². The van der Waals surface area contributed by atoms with Gasteiger partial charge in [-0.3, -0.25) is 9.59 Å². The molecule has 0 aliphatic carbocycles. The number of rotatable bonds is 5. The van der Waals surface area contributed by atoms with E-state index in [1.807, 2.05) is 30.3 Å². The van der Waals surface area contributed by atoms with Crippen LogP contribution in [0, 0.1) is 0 Å². The van der Waals surface area contributed by atoms with E-state index in [-0.39, 0.29) is 11.8 Å². The van der Waals surface area contributed by atoms with Gasteiger partial charge < -0.3 is 10.2 Å². The number of pyridine rings is 1. The molecule has 0 aliphatic rings. The summed E-state index contributed by atoms with van der Waals surface area (Å²) in [6.45, 7) is 0. The van der Waals surface area contributed by atoms with E-state index in [0.717, 1.165) is 5.56 Å². The van der Waals surface area contributed by atoms with Gasteiger partial charge in [0.15, 0.2) is 0 Å². The SMILES string of the molecule is CN(C)C(=O)[C@@H](Cc1ccccc1)NC(=O)c1ccc(Cl)nc1. The number of hydrogen-bond donors (Lipinski definition) is 1. The predicted octanol–water partition coefficient (Wildman–Crippen LogP) is 2.16. The van der Waals surface area contributed by atoms with Crippen LogP contribution in [0.4, 0.5) is 0 Å². The third-order valence-corrected chi connectivity index (χ3v) is 3.54. The van der Waals surface area contributed by atoms with Crippen LogP contribution in [-0.4, -0.2) is 41.8 Å². The second-order valence-corrected chi connectivity index (χ2v) is 5.71.